The monoisotopic (exact) mass is 432 g/mol. The molecule has 1 aliphatic heterocycles. The highest BCUT2D eigenvalue weighted by Crippen LogP contribution is 2.59. The number of carbonyl (C=O) groups excluding carboxylic acids is 3. The molecule has 2 aliphatic rings. The number of primary amides is 2. The van der Waals surface area contributed by atoms with E-state index < -0.39 is 23.5 Å². The largest absolute Gasteiger partial charge is 0.470 e. The summed E-state index contributed by atoms with van der Waals surface area (Å²) in [6, 6.07) is 12.2. The Morgan fingerprint density at radius 1 is 1.16 bits per heavy atom. The van der Waals surface area contributed by atoms with Crippen molar-refractivity contribution in [2.24, 2.45) is 16.9 Å². The van der Waals surface area contributed by atoms with E-state index in [-0.39, 0.29) is 11.8 Å². The van der Waals surface area contributed by atoms with Crippen LogP contribution in [0.25, 0.3) is 10.9 Å². The molecule has 5 N–H and O–H groups in total. The zero-order valence-corrected chi connectivity index (χ0v) is 17.1. The Balaban J connectivity index is 1.43. The minimum atomic E-state index is -1.32. The Morgan fingerprint density at radius 2 is 1.88 bits per heavy atom. The summed E-state index contributed by atoms with van der Waals surface area (Å²) >= 11 is 0. The third-order valence-corrected chi connectivity index (χ3v) is 6.04. The highest BCUT2D eigenvalue weighted by Gasteiger charge is 2.64. The lowest BCUT2D eigenvalue weighted by atomic mass is 9.97. The Hall–Kier alpha value is -4.14. The number of hydrogen-bond acceptors (Lipinski definition) is 6. The number of nitrogens with two attached hydrogens (primary N) is 2. The molecule has 1 aromatic heterocycles. The molecule has 9 heteroatoms. The van der Waals surface area contributed by atoms with Gasteiger partial charge in [0, 0.05) is 23.6 Å². The van der Waals surface area contributed by atoms with Crippen LogP contribution in [0.15, 0.2) is 48.7 Å². The molecule has 3 amide bonds. The number of amides is 3. The van der Waals surface area contributed by atoms with Crippen LogP contribution in [0, 0.1) is 5.41 Å². The molecule has 9 nitrogen and oxygen atoms in total. The van der Waals surface area contributed by atoms with Crippen molar-refractivity contribution in [3.8, 4) is 17.2 Å². The first kappa shape index (κ1) is 19.8. The lowest BCUT2D eigenvalue weighted by Gasteiger charge is -2.24. The van der Waals surface area contributed by atoms with E-state index in [1.807, 2.05) is 0 Å². The predicted molar refractivity (Wildman–Crippen MR) is 114 cm³/mol. The summed E-state index contributed by atoms with van der Waals surface area (Å²) in [6.45, 7) is 1.75. The first-order chi connectivity index (χ1) is 15.3. The van der Waals surface area contributed by atoms with Crippen LogP contribution >= 0.6 is 0 Å². The third-order valence-electron chi connectivity index (χ3n) is 6.04. The molecule has 32 heavy (non-hydrogen) atoms. The summed E-state index contributed by atoms with van der Waals surface area (Å²) in [5.41, 5.74) is 11.3. The Bertz CT molecular complexity index is 1270. The molecule has 1 fully saturated rings. The molecule has 0 radical (unpaired) electrons. The zero-order chi connectivity index (χ0) is 22.6. The first-order valence-corrected chi connectivity index (χ1v) is 10.1. The number of rotatable bonds is 5. The van der Waals surface area contributed by atoms with E-state index in [1.165, 1.54) is 0 Å². The lowest BCUT2D eigenvalue weighted by Crippen LogP contribution is -2.41. The van der Waals surface area contributed by atoms with Crippen molar-refractivity contribution in [3.05, 3.63) is 59.8 Å². The topological polar surface area (TPSA) is 147 Å². The van der Waals surface area contributed by atoms with E-state index in [4.69, 9.17) is 20.9 Å². The number of benzene rings is 2. The minimum Gasteiger partial charge on any atom is -0.470 e. The molecule has 0 spiro atoms. The van der Waals surface area contributed by atoms with Crippen LogP contribution in [0.1, 0.15) is 35.2 Å². The van der Waals surface area contributed by atoms with Gasteiger partial charge in [-0.15, -0.1) is 0 Å². The number of nitrogens with one attached hydrogen (secondary N) is 1. The van der Waals surface area contributed by atoms with Gasteiger partial charge in [0.05, 0.1) is 11.1 Å². The fourth-order valence-corrected chi connectivity index (χ4v) is 4.22. The number of ether oxygens (including phenoxy) is 2. The van der Waals surface area contributed by atoms with Crippen molar-refractivity contribution in [2.45, 2.75) is 25.5 Å². The summed E-state index contributed by atoms with van der Waals surface area (Å²) in [6.07, 6.45) is 1.50. The van der Waals surface area contributed by atoms with Crippen LogP contribution < -0.4 is 26.3 Å². The predicted octanol–water partition coefficient (Wildman–Crippen LogP) is 1.94. The van der Waals surface area contributed by atoms with Gasteiger partial charge in [-0.1, -0.05) is 12.1 Å². The average Bonchev–Trinajstić information content (AvgIpc) is 3.51. The van der Waals surface area contributed by atoms with Crippen LogP contribution in [0.4, 0.5) is 0 Å². The molecule has 5 rings (SSSR count). The maximum Gasteiger partial charge on any atom is 0.257 e. The Labute approximate surface area is 182 Å². The molecule has 2 unspecified atom stereocenters. The van der Waals surface area contributed by atoms with Gasteiger partial charge in [0.1, 0.15) is 22.7 Å². The molecule has 3 aromatic rings. The van der Waals surface area contributed by atoms with Crippen molar-refractivity contribution in [2.75, 3.05) is 0 Å². The van der Waals surface area contributed by atoms with E-state index in [0.717, 1.165) is 5.56 Å². The van der Waals surface area contributed by atoms with Crippen molar-refractivity contribution >= 4 is 28.6 Å². The second-order valence-corrected chi connectivity index (χ2v) is 8.04. The average molecular weight is 432 g/mol. The number of fused-ring (bicyclic) bond motifs is 2. The van der Waals surface area contributed by atoms with Gasteiger partial charge in [-0.3, -0.25) is 19.4 Å². The van der Waals surface area contributed by atoms with E-state index in [1.54, 1.807) is 55.6 Å². The van der Waals surface area contributed by atoms with Crippen molar-refractivity contribution < 1.29 is 23.9 Å². The van der Waals surface area contributed by atoms with Crippen LogP contribution in [0.3, 0.4) is 0 Å². The normalized spacial score (nSPS) is 20.6. The minimum absolute atomic E-state index is 0.225. The number of pyridine rings is 1. The van der Waals surface area contributed by atoms with E-state index in [0.29, 0.717) is 40.1 Å². The van der Waals surface area contributed by atoms with E-state index >= 15 is 0 Å². The number of hydrogen-bond donors (Lipinski definition) is 3. The Kier molecular flexibility index (Phi) is 4.30. The maximum absolute atomic E-state index is 12.3. The fourth-order valence-electron chi connectivity index (χ4n) is 4.22. The van der Waals surface area contributed by atoms with Gasteiger partial charge in [-0.25, -0.2) is 0 Å². The SMILES string of the molecule is CC1NC(=O)c2cc3c(Oc4ccc(C5CC5(C(N)=O)C(N)=O)cc4)ccnc3cc2O1. The summed E-state index contributed by atoms with van der Waals surface area (Å²) in [5, 5.41) is 3.39. The molecule has 2 aromatic carbocycles. The molecule has 1 aliphatic carbocycles. The standard InChI is InChI=1S/C23H20N4O5/c1-11-27-20(28)15-8-14-17(9-19(15)31-11)26-7-6-18(14)32-13-4-2-12(3-5-13)16-10-23(16,21(24)29)22(25)30/h2-9,11,16H,10H2,1H3,(H2,24,29)(H2,25,30)(H,27,28). The van der Waals surface area contributed by atoms with Crippen molar-refractivity contribution in [3.63, 3.8) is 0 Å². The summed E-state index contributed by atoms with van der Waals surface area (Å²) in [7, 11) is 0. The van der Waals surface area contributed by atoms with Crippen molar-refractivity contribution in [1.82, 2.24) is 10.3 Å². The second kappa shape index (κ2) is 6.94. The van der Waals surface area contributed by atoms with Gasteiger partial charge in [0.2, 0.25) is 11.8 Å². The summed E-state index contributed by atoms with van der Waals surface area (Å²) < 4.78 is 11.7. The highest BCUT2D eigenvalue weighted by atomic mass is 16.5. The highest BCUT2D eigenvalue weighted by molar-refractivity contribution is 6.08. The summed E-state index contributed by atoms with van der Waals surface area (Å²) in [4.78, 5) is 40.2. The molecular weight excluding hydrogens is 412 g/mol. The van der Waals surface area contributed by atoms with Gasteiger partial charge < -0.3 is 26.3 Å². The van der Waals surface area contributed by atoms with Gasteiger partial charge in [0.25, 0.3) is 5.91 Å². The molecule has 2 atom stereocenters. The third kappa shape index (κ3) is 3.01. The lowest BCUT2D eigenvalue weighted by molar-refractivity contribution is -0.133. The maximum atomic E-state index is 12.3. The smallest absolute Gasteiger partial charge is 0.257 e. The van der Waals surface area contributed by atoms with E-state index in [9.17, 15) is 14.4 Å². The van der Waals surface area contributed by atoms with E-state index in [2.05, 4.69) is 10.3 Å². The molecule has 162 valence electrons. The first-order valence-electron chi connectivity index (χ1n) is 10.1. The number of carbonyl (C=O) groups is 3. The molecular formula is C23H20N4O5. The summed E-state index contributed by atoms with van der Waals surface area (Å²) in [5.74, 6) is -0.435. The molecule has 1 saturated carbocycles. The van der Waals surface area contributed by atoms with Gasteiger partial charge in [-0.2, -0.15) is 0 Å². The Morgan fingerprint density at radius 3 is 2.53 bits per heavy atom. The zero-order valence-electron chi connectivity index (χ0n) is 17.1. The van der Waals surface area contributed by atoms with Gasteiger partial charge >= 0.3 is 0 Å². The quantitative estimate of drug-likeness (QED) is 0.525. The van der Waals surface area contributed by atoms with Gasteiger partial charge in [0.15, 0.2) is 6.23 Å². The molecule has 0 bridgehead atoms. The second-order valence-electron chi connectivity index (χ2n) is 8.04. The molecule has 2 heterocycles. The number of aromatic nitrogens is 1. The van der Waals surface area contributed by atoms with Crippen LogP contribution in [-0.4, -0.2) is 28.9 Å². The van der Waals surface area contributed by atoms with Crippen molar-refractivity contribution in [1.29, 1.82) is 0 Å². The van der Waals surface area contributed by atoms with Crippen LogP contribution in [-0.2, 0) is 9.59 Å². The van der Waals surface area contributed by atoms with Crippen LogP contribution in [0.5, 0.6) is 17.2 Å². The number of nitrogens with zero attached hydrogens (tertiary/aromatic N) is 1. The van der Waals surface area contributed by atoms with Crippen LogP contribution in [0.2, 0.25) is 0 Å². The molecule has 0 saturated heterocycles. The van der Waals surface area contributed by atoms with Gasteiger partial charge in [-0.05, 0) is 43.2 Å². The fraction of sp³-hybridized carbons (Fsp3) is 0.217.